The van der Waals surface area contributed by atoms with Crippen LogP contribution in [-0.4, -0.2) is 0 Å². The van der Waals surface area contributed by atoms with Crippen molar-refractivity contribution in [1.29, 1.82) is 0 Å². The Hall–Kier alpha value is -2.08. The smallest absolute Gasteiger partial charge is 0.0132 e. The highest BCUT2D eigenvalue weighted by Crippen LogP contribution is 2.30. The molecule has 31 heavy (non-hydrogen) atoms. The van der Waals surface area contributed by atoms with E-state index in [4.69, 9.17) is 0 Å². The highest BCUT2D eigenvalue weighted by Gasteiger charge is 2.16. The summed E-state index contributed by atoms with van der Waals surface area (Å²) in [6, 6.07) is 19.3. The van der Waals surface area contributed by atoms with Gasteiger partial charge in [0.15, 0.2) is 0 Å². The van der Waals surface area contributed by atoms with E-state index in [0.29, 0.717) is 10.8 Å². The van der Waals surface area contributed by atoms with E-state index in [1.54, 1.807) is 5.57 Å². The van der Waals surface area contributed by atoms with Crippen molar-refractivity contribution < 1.29 is 0 Å². The summed E-state index contributed by atoms with van der Waals surface area (Å²) >= 11 is 0. The van der Waals surface area contributed by atoms with Gasteiger partial charge in [-0.1, -0.05) is 146 Å². The lowest BCUT2D eigenvalue weighted by molar-refractivity contribution is 0.490. The van der Waals surface area contributed by atoms with Gasteiger partial charge in [0.05, 0.1) is 0 Å². The standard InChI is InChI=1S/C11H16.C10H16.C10H14/c1-9-5-7-10(8-6-9)11(2,3)4;2*1-10(2,3)9-7-5-4-6-8-9/h5-8H,1-4H3;4-5,8H,6-7H2,1-3H3;4-8H,1-3H3. The van der Waals surface area contributed by atoms with E-state index >= 15 is 0 Å². The maximum Gasteiger partial charge on any atom is -0.0132 e. The zero-order chi connectivity index (χ0) is 23.7. The maximum absolute atomic E-state index is 2.35. The van der Waals surface area contributed by atoms with Gasteiger partial charge in [-0.2, -0.15) is 0 Å². The van der Waals surface area contributed by atoms with Crippen LogP contribution in [0.5, 0.6) is 0 Å². The van der Waals surface area contributed by atoms with Crippen LogP contribution in [-0.2, 0) is 10.8 Å². The molecule has 0 fully saturated rings. The largest absolute Gasteiger partial charge is 0.0844 e. The van der Waals surface area contributed by atoms with Crippen molar-refractivity contribution >= 4 is 0 Å². The molecule has 0 aromatic heterocycles. The fraction of sp³-hybridized carbons (Fsp3) is 0.484. The summed E-state index contributed by atoms with van der Waals surface area (Å²) in [5.74, 6) is 0. The number of aryl methyl sites for hydroxylation is 1. The second-order valence-electron chi connectivity index (χ2n) is 11.6. The van der Waals surface area contributed by atoms with Crippen molar-refractivity contribution in [1.82, 2.24) is 0 Å². The lowest BCUT2D eigenvalue weighted by Crippen LogP contribution is -2.10. The Labute approximate surface area is 193 Å². The molecule has 0 atom stereocenters. The van der Waals surface area contributed by atoms with Crippen molar-refractivity contribution in [3.8, 4) is 0 Å². The van der Waals surface area contributed by atoms with E-state index in [2.05, 4.69) is 142 Å². The van der Waals surface area contributed by atoms with Gasteiger partial charge in [0, 0.05) is 0 Å². The molecule has 0 spiro atoms. The van der Waals surface area contributed by atoms with Crippen molar-refractivity contribution in [2.45, 2.75) is 92.9 Å². The zero-order valence-electron chi connectivity index (χ0n) is 21.8. The normalized spacial score (nSPS) is 13.9. The molecule has 0 radical (unpaired) electrons. The van der Waals surface area contributed by atoms with Gasteiger partial charge >= 0.3 is 0 Å². The number of rotatable bonds is 0. The molecular weight excluding hydrogens is 372 g/mol. The molecule has 170 valence electrons. The van der Waals surface area contributed by atoms with E-state index in [-0.39, 0.29) is 5.41 Å². The van der Waals surface area contributed by atoms with Crippen LogP contribution in [0.25, 0.3) is 0 Å². The molecule has 1 aliphatic rings. The predicted molar refractivity (Wildman–Crippen MR) is 141 cm³/mol. The summed E-state index contributed by atoms with van der Waals surface area (Å²) in [5, 5.41) is 0. The van der Waals surface area contributed by atoms with Gasteiger partial charge in [-0.3, -0.25) is 0 Å². The van der Waals surface area contributed by atoms with Gasteiger partial charge in [-0.15, -0.1) is 0 Å². The molecule has 0 heterocycles. The van der Waals surface area contributed by atoms with Crippen molar-refractivity contribution in [3.05, 3.63) is 95.1 Å². The van der Waals surface area contributed by atoms with Crippen LogP contribution in [0.15, 0.2) is 78.4 Å². The van der Waals surface area contributed by atoms with Crippen LogP contribution in [0.4, 0.5) is 0 Å². The minimum Gasteiger partial charge on any atom is -0.0844 e. The second kappa shape index (κ2) is 11.5. The third-order valence-electron chi connectivity index (χ3n) is 5.53. The molecule has 0 bridgehead atoms. The summed E-state index contributed by atoms with van der Waals surface area (Å²) in [6.07, 6.45) is 9.13. The molecule has 0 saturated heterocycles. The molecule has 0 amide bonds. The third-order valence-corrected chi connectivity index (χ3v) is 5.53. The summed E-state index contributed by atoms with van der Waals surface area (Å²) in [4.78, 5) is 0. The van der Waals surface area contributed by atoms with Crippen molar-refractivity contribution in [3.63, 3.8) is 0 Å². The molecule has 3 rings (SSSR count). The highest BCUT2D eigenvalue weighted by molar-refractivity contribution is 5.26. The Morgan fingerprint density at radius 2 is 1.03 bits per heavy atom. The Balaban J connectivity index is 0.000000233. The Morgan fingerprint density at radius 1 is 0.548 bits per heavy atom. The topological polar surface area (TPSA) is 0 Å². The minimum atomic E-state index is 0.285. The van der Waals surface area contributed by atoms with Crippen LogP contribution < -0.4 is 0 Å². The van der Waals surface area contributed by atoms with Crippen molar-refractivity contribution in [2.75, 3.05) is 0 Å². The zero-order valence-corrected chi connectivity index (χ0v) is 21.8. The van der Waals surface area contributed by atoms with Crippen LogP contribution >= 0.6 is 0 Å². The highest BCUT2D eigenvalue weighted by atomic mass is 14.2. The monoisotopic (exact) mass is 418 g/mol. The van der Waals surface area contributed by atoms with Gasteiger partial charge in [0.2, 0.25) is 0 Å². The molecule has 0 N–H and O–H groups in total. The average Bonchev–Trinajstić information content (AvgIpc) is 2.69. The first-order valence-corrected chi connectivity index (χ1v) is 11.7. The Morgan fingerprint density at radius 3 is 1.35 bits per heavy atom. The quantitative estimate of drug-likeness (QED) is 0.373. The molecule has 2 aromatic carbocycles. The molecule has 0 aliphatic heterocycles. The first-order valence-electron chi connectivity index (χ1n) is 11.7. The van der Waals surface area contributed by atoms with E-state index in [1.807, 2.05) is 0 Å². The summed E-state index contributed by atoms with van der Waals surface area (Å²) < 4.78 is 0. The maximum atomic E-state index is 2.35. The van der Waals surface area contributed by atoms with Crippen LogP contribution in [0, 0.1) is 12.3 Å². The number of hydrogen-bond donors (Lipinski definition) is 0. The fourth-order valence-electron chi connectivity index (χ4n) is 3.20. The second-order valence-corrected chi connectivity index (χ2v) is 11.6. The fourth-order valence-corrected chi connectivity index (χ4v) is 3.20. The molecule has 0 heteroatoms. The van der Waals surface area contributed by atoms with Gasteiger partial charge in [0.25, 0.3) is 0 Å². The lowest BCUT2D eigenvalue weighted by Gasteiger charge is -2.23. The molecule has 0 saturated carbocycles. The molecule has 0 unspecified atom stereocenters. The van der Waals surface area contributed by atoms with Crippen LogP contribution in [0.3, 0.4) is 0 Å². The van der Waals surface area contributed by atoms with Gasteiger partial charge < -0.3 is 0 Å². The van der Waals surface area contributed by atoms with Crippen LogP contribution in [0.1, 0.15) is 91.8 Å². The number of hydrogen-bond acceptors (Lipinski definition) is 0. The molecule has 0 nitrogen and oxygen atoms in total. The first kappa shape index (κ1) is 27.0. The summed E-state index contributed by atoms with van der Waals surface area (Å²) in [7, 11) is 0. The summed E-state index contributed by atoms with van der Waals surface area (Å²) in [5.41, 5.74) is 6.67. The lowest BCUT2D eigenvalue weighted by atomic mass is 9.82. The molecule has 1 aliphatic carbocycles. The summed E-state index contributed by atoms with van der Waals surface area (Å²) in [6.45, 7) is 22.3. The SMILES string of the molecule is CC(C)(C)C1=CCC=CC1.CC(C)(C)c1ccccc1.Cc1ccc(C(C)(C)C)cc1. The van der Waals surface area contributed by atoms with E-state index in [9.17, 15) is 0 Å². The van der Waals surface area contributed by atoms with E-state index in [1.165, 1.54) is 16.7 Å². The van der Waals surface area contributed by atoms with Gasteiger partial charge in [-0.05, 0) is 47.1 Å². The van der Waals surface area contributed by atoms with Crippen LogP contribution in [0.2, 0.25) is 0 Å². The average molecular weight is 419 g/mol. The van der Waals surface area contributed by atoms with Gasteiger partial charge in [0.1, 0.15) is 0 Å². The molecular formula is C31H46. The number of allylic oxidation sites excluding steroid dienone is 4. The Bertz CT molecular complexity index is 811. The first-order chi connectivity index (χ1) is 14.2. The van der Waals surface area contributed by atoms with E-state index < -0.39 is 0 Å². The van der Waals surface area contributed by atoms with Gasteiger partial charge in [-0.25, -0.2) is 0 Å². The van der Waals surface area contributed by atoms with E-state index in [0.717, 1.165) is 12.8 Å². The minimum absolute atomic E-state index is 0.285. The molecule has 2 aromatic rings. The third kappa shape index (κ3) is 10.7. The Kier molecular flexibility index (Phi) is 10.0. The predicted octanol–water partition coefficient (Wildman–Crippen LogP) is 9.59. The van der Waals surface area contributed by atoms with Crippen molar-refractivity contribution in [2.24, 2.45) is 5.41 Å². The number of benzene rings is 2.